The van der Waals surface area contributed by atoms with E-state index in [2.05, 4.69) is 0 Å². The predicted octanol–water partition coefficient (Wildman–Crippen LogP) is 0.882. The van der Waals surface area contributed by atoms with Gasteiger partial charge in [-0.3, -0.25) is 0 Å². The molecule has 0 saturated carbocycles. The molecule has 94 valence electrons. The molecule has 2 saturated heterocycles. The van der Waals surface area contributed by atoms with Crippen molar-refractivity contribution in [2.75, 3.05) is 6.26 Å². The summed E-state index contributed by atoms with van der Waals surface area (Å²) < 4.78 is 28.7. The minimum atomic E-state index is -3.22. The Morgan fingerprint density at radius 3 is 2.25 bits per heavy atom. The fraction of sp³-hybridized carbons (Fsp3) is 1.00. The van der Waals surface area contributed by atoms with E-state index < -0.39 is 31.9 Å². The second kappa shape index (κ2) is 3.00. The van der Waals surface area contributed by atoms with E-state index in [9.17, 15) is 13.5 Å². The first-order valence-electron chi connectivity index (χ1n) is 5.62. The van der Waals surface area contributed by atoms with Crippen LogP contribution in [0.25, 0.3) is 0 Å². The average Bonchev–Trinajstić information content (AvgIpc) is 2.55. The van der Waals surface area contributed by atoms with E-state index in [1.807, 2.05) is 6.92 Å². The Morgan fingerprint density at radius 1 is 1.38 bits per heavy atom. The van der Waals surface area contributed by atoms with Crippen LogP contribution in [0.15, 0.2) is 0 Å². The number of hydrogen-bond donors (Lipinski definition) is 1. The van der Waals surface area contributed by atoms with Crippen molar-refractivity contribution >= 4 is 9.84 Å². The monoisotopic (exact) mass is 248 g/mol. The van der Waals surface area contributed by atoms with Gasteiger partial charge in [0.05, 0.1) is 22.1 Å². The second-order valence-electron chi connectivity index (χ2n) is 5.91. The molecule has 2 aliphatic heterocycles. The number of ether oxygens (including phenoxy) is 1. The summed E-state index contributed by atoms with van der Waals surface area (Å²) >= 11 is 0. The summed E-state index contributed by atoms with van der Waals surface area (Å²) in [6.07, 6.45) is 2.55. The van der Waals surface area contributed by atoms with Crippen LogP contribution >= 0.6 is 0 Å². The van der Waals surface area contributed by atoms with E-state index in [0.717, 1.165) is 6.42 Å². The highest BCUT2D eigenvalue weighted by Gasteiger charge is 2.66. The number of fused-ring (bicyclic) bond motifs is 2. The molecule has 0 aromatic carbocycles. The van der Waals surface area contributed by atoms with E-state index in [1.54, 1.807) is 13.8 Å². The molecule has 3 unspecified atom stereocenters. The minimum Gasteiger partial charge on any atom is -0.390 e. The van der Waals surface area contributed by atoms with Crippen LogP contribution in [0.4, 0.5) is 0 Å². The molecular formula is C11H20O4S. The molecular weight excluding hydrogens is 228 g/mol. The maximum atomic E-state index is 11.9. The van der Waals surface area contributed by atoms with Crippen molar-refractivity contribution in [1.29, 1.82) is 0 Å². The van der Waals surface area contributed by atoms with Crippen LogP contribution in [0, 0.1) is 0 Å². The van der Waals surface area contributed by atoms with E-state index in [-0.39, 0.29) is 0 Å². The molecule has 0 aromatic rings. The topological polar surface area (TPSA) is 63.6 Å². The largest absolute Gasteiger partial charge is 0.390 e. The molecule has 0 aromatic heterocycles. The maximum Gasteiger partial charge on any atom is 0.155 e. The van der Waals surface area contributed by atoms with Gasteiger partial charge in [0.15, 0.2) is 9.84 Å². The van der Waals surface area contributed by atoms with Crippen molar-refractivity contribution in [2.24, 2.45) is 0 Å². The van der Waals surface area contributed by atoms with Crippen molar-refractivity contribution < 1.29 is 18.3 Å². The third kappa shape index (κ3) is 1.31. The fourth-order valence-electron chi connectivity index (χ4n) is 2.91. The van der Waals surface area contributed by atoms with Crippen molar-refractivity contribution in [1.82, 2.24) is 0 Å². The first-order valence-corrected chi connectivity index (χ1v) is 7.51. The third-order valence-electron chi connectivity index (χ3n) is 4.71. The zero-order chi connectivity index (χ0) is 12.4. The Kier molecular flexibility index (Phi) is 2.31. The minimum absolute atomic E-state index is 0.420. The zero-order valence-electron chi connectivity index (χ0n) is 10.3. The molecule has 2 heterocycles. The summed E-state index contributed by atoms with van der Waals surface area (Å²) in [5, 5.41) is 9.95. The molecule has 5 heteroatoms. The Bertz CT molecular complexity index is 414. The van der Waals surface area contributed by atoms with E-state index in [4.69, 9.17) is 4.74 Å². The van der Waals surface area contributed by atoms with Gasteiger partial charge in [0, 0.05) is 12.7 Å². The first-order chi connectivity index (χ1) is 7.04. The molecule has 3 atom stereocenters. The lowest BCUT2D eigenvalue weighted by Crippen LogP contribution is -2.53. The van der Waals surface area contributed by atoms with Crippen LogP contribution in [0.2, 0.25) is 0 Å². The zero-order valence-corrected chi connectivity index (χ0v) is 11.1. The molecule has 2 bridgehead atoms. The number of rotatable bonds is 2. The van der Waals surface area contributed by atoms with Gasteiger partial charge in [0.25, 0.3) is 0 Å². The van der Waals surface area contributed by atoms with Crippen molar-refractivity contribution in [2.45, 2.75) is 62.1 Å². The Hall–Kier alpha value is -0.130. The van der Waals surface area contributed by atoms with Crippen LogP contribution in [-0.2, 0) is 14.6 Å². The molecule has 0 radical (unpaired) electrons. The highest BCUT2D eigenvalue weighted by molar-refractivity contribution is 7.92. The third-order valence-corrected chi connectivity index (χ3v) is 6.93. The molecule has 2 fully saturated rings. The summed E-state index contributed by atoms with van der Waals surface area (Å²) in [6.45, 7) is 5.27. The lowest BCUT2D eigenvalue weighted by atomic mass is 9.75. The van der Waals surface area contributed by atoms with Gasteiger partial charge in [-0.1, -0.05) is 0 Å². The van der Waals surface area contributed by atoms with Gasteiger partial charge < -0.3 is 9.84 Å². The normalized spacial score (nSPS) is 43.9. The van der Waals surface area contributed by atoms with Crippen LogP contribution in [-0.4, -0.2) is 41.8 Å². The molecule has 2 rings (SSSR count). The molecule has 1 N–H and O–H groups in total. The smallest absolute Gasteiger partial charge is 0.155 e. The van der Waals surface area contributed by atoms with Crippen LogP contribution in [0.1, 0.15) is 40.0 Å². The van der Waals surface area contributed by atoms with Crippen molar-refractivity contribution in [3.63, 3.8) is 0 Å². The summed E-state index contributed by atoms with van der Waals surface area (Å²) in [4.78, 5) is 0. The summed E-state index contributed by atoms with van der Waals surface area (Å²) in [6, 6.07) is 0. The first kappa shape index (κ1) is 12.3. The van der Waals surface area contributed by atoms with Gasteiger partial charge in [0.2, 0.25) is 0 Å². The van der Waals surface area contributed by atoms with Crippen LogP contribution in [0.3, 0.4) is 0 Å². The van der Waals surface area contributed by atoms with Crippen LogP contribution < -0.4 is 0 Å². The molecule has 0 spiro atoms. The van der Waals surface area contributed by atoms with Crippen LogP contribution in [0.5, 0.6) is 0 Å². The quantitative estimate of drug-likeness (QED) is 0.788. The number of sulfone groups is 1. The number of hydrogen-bond acceptors (Lipinski definition) is 4. The van der Waals surface area contributed by atoms with E-state index in [0.29, 0.717) is 12.8 Å². The highest BCUT2D eigenvalue weighted by atomic mass is 32.2. The predicted molar refractivity (Wildman–Crippen MR) is 61.0 cm³/mol. The van der Waals surface area contributed by atoms with E-state index >= 15 is 0 Å². The molecule has 0 amide bonds. The average molecular weight is 248 g/mol. The van der Waals surface area contributed by atoms with Gasteiger partial charge in [-0.15, -0.1) is 0 Å². The summed E-state index contributed by atoms with van der Waals surface area (Å²) in [7, 11) is -3.22. The molecule has 0 aliphatic carbocycles. The van der Waals surface area contributed by atoms with Crippen molar-refractivity contribution in [3.8, 4) is 0 Å². The fourth-order valence-corrected chi connectivity index (χ4v) is 3.82. The van der Waals surface area contributed by atoms with Gasteiger partial charge in [-0.25, -0.2) is 8.42 Å². The van der Waals surface area contributed by atoms with Crippen molar-refractivity contribution in [3.05, 3.63) is 0 Å². The Morgan fingerprint density at radius 2 is 1.94 bits per heavy atom. The Balaban J connectivity index is 2.44. The lowest BCUT2D eigenvalue weighted by molar-refractivity contribution is -0.0745. The molecule has 4 nitrogen and oxygen atoms in total. The SMILES string of the molecule is CC12CCC(C(C)(C)S(C)(=O)=O)(CC1O)O2. The van der Waals surface area contributed by atoms with Gasteiger partial charge in [-0.2, -0.15) is 0 Å². The number of aliphatic hydroxyl groups excluding tert-OH is 1. The van der Waals surface area contributed by atoms with E-state index in [1.165, 1.54) is 6.26 Å². The maximum absolute atomic E-state index is 11.9. The Labute approximate surface area is 96.9 Å². The molecule has 2 aliphatic rings. The highest BCUT2D eigenvalue weighted by Crippen LogP contribution is 2.56. The molecule has 16 heavy (non-hydrogen) atoms. The summed E-state index contributed by atoms with van der Waals surface area (Å²) in [5.74, 6) is 0. The lowest BCUT2D eigenvalue weighted by Gasteiger charge is -2.39. The number of aliphatic hydroxyl groups is 1. The van der Waals surface area contributed by atoms with Gasteiger partial charge >= 0.3 is 0 Å². The summed E-state index contributed by atoms with van der Waals surface area (Å²) in [5.41, 5.74) is -1.27. The second-order valence-corrected chi connectivity index (χ2v) is 8.48. The van der Waals surface area contributed by atoms with Gasteiger partial charge in [-0.05, 0) is 33.6 Å². The van der Waals surface area contributed by atoms with Gasteiger partial charge in [0.1, 0.15) is 0 Å². The standard InChI is InChI=1S/C11H20O4S/c1-9(2,16(4,13)14)11-6-5-10(3,15-11)8(12)7-11/h8,12H,5-7H2,1-4H3.